The van der Waals surface area contributed by atoms with Gasteiger partial charge in [0.05, 0.1) is 6.92 Å². The van der Waals surface area contributed by atoms with Crippen molar-refractivity contribution < 1.29 is 10.2 Å². The average molecular weight is 108 g/mol. The summed E-state index contributed by atoms with van der Waals surface area (Å²) in [6.45, 7) is 3.00. The van der Waals surface area contributed by atoms with E-state index in [1.54, 1.807) is 0 Å². The lowest BCUT2D eigenvalue weighted by Gasteiger charge is -2.15. The Morgan fingerprint density at radius 1 is 2.00 bits per heavy atom. The molecule has 0 saturated carbocycles. The molecular weight excluding hydrogens is 103 g/mol. The van der Waals surface area contributed by atoms with Crippen LogP contribution in [-0.4, -0.2) is 5.25 Å². The molecule has 1 radical (unpaired) electrons. The number of halogens is 1. The van der Waals surface area contributed by atoms with Crippen LogP contribution in [0.25, 0.3) is 0 Å². The lowest BCUT2D eigenvalue weighted by atomic mass is 10.5. The molecule has 0 unspecified atom stereocenters. The number of rotatable bonds is 1. The zero-order valence-corrected chi connectivity index (χ0v) is 3.86. The van der Waals surface area contributed by atoms with Gasteiger partial charge in [-0.2, -0.15) is 0 Å². The van der Waals surface area contributed by atoms with E-state index in [-0.39, 0.29) is 6.42 Å². The molecule has 0 atom stereocenters. The van der Waals surface area contributed by atoms with E-state index in [2.05, 4.69) is 18.5 Å². The largest absolute Gasteiger partial charge is 0.811 e. The van der Waals surface area contributed by atoms with Crippen LogP contribution in [0.4, 0.5) is 0 Å². The van der Waals surface area contributed by atoms with Gasteiger partial charge in [0.25, 0.3) is 0 Å². The van der Waals surface area contributed by atoms with Crippen molar-refractivity contribution >= 4 is 11.6 Å². The summed E-state index contributed by atoms with van der Waals surface area (Å²) in [5, 5.41) is 16.6. The van der Waals surface area contributed by atoms with Gasteiger partial charge in [0.1, 0.15) is 11.7 Å². The maximum absolute atomic E-state index is 9.62. The molecule has 6 heavy (non-hydrogen) atoms. The van der Waals surface area contributed by atoms with E-state index < -0.39 is 5.25 Å². The minimum atomic E-state index is -2.60. The molecular formula is C3H4ClO2. The molecule has 0 rings (SSSR count). The number of alkyl halides is 1. The van der Waals surface area contributed by atoms with Crippen LogP contribution in [-0.2, 0) is 5.11 Å². The Kier molecular flexibility index (Phi) is 1.71. The third-order valence-electron chi connectivity index (χ3n) is 0.299. The molecule has 0 aliphatic heterocycles. The van der Waals surface area contributed by atoms with Gasteiger partial charge < -0.3 is 5.11 Å². The summed E-state index contributed by atoms with van der Waals surface area (Å²) in [6.07, 6.45) is -0.325. The second-order valence-electron chi connectivity index (χ2n) is 0.910. The van der Waals surface area contributed by atoms with E-state index in [1.807, 2.05) is 0 Å². The Bertz CT molecular complexity index is 38.5. The first kappa shape index (κ1) is 6.08. The summed E-state index contributed by atoms with van der Waals surface area (Å²) in [5.41, 5.74) is 0. The van der Waals surface area contributed by atoms with Crippen molar-refractivity contribution in [2.45, 2.75) is 11.7 Å². The van der Waals surface area contributed by atoms with Crippen LogP contribution < -0.4 is 5.11 Å². The first-order valence-electron chi connectivity index (χ1n) is 1.45. The van der Waals surface area contributed by atoms with E-state index >= 15 is 0 Å². The van der Waals surface area contributed by atoms with Gasteiger partial charge in [-0.05, 0) is 0 Å². The fourth-order valence-corrected chi connectivity index (χ4v) is 0. The monoisotopic (exact) mass is 107 g/mol. The highest BCUT2D eigenvalue weighted by Gasteiger charge is 2.08. The van der Waals surface area contributed by atoms with Crippen molar-refractivity contribution in [3.05, 3.63) is 6.92 Å². The highest BCUT2D eigenvalue weighted by Crippen LogP contribution is 2.04. The van der Waals surface area contributed by atoms with Crippen LogP contribution in [0, 0.1) is 6.92 Å². The highest BCUT2D eigenvalue weighted by molar-refractivity contribution is 6.21. The minimum Gasteiger partial charge on any atom is -0.811 e. The molecule has 0 fully saturated rings. The van der Waals surface area contributed by atoms with E-state index in [0.29, 0.717) is 0 Å². The predicted octanol–water partition coefficient (Wildman–Crippen LogP) is -0.106. The van der Waals surface area contributed by atoms with E-state index in [1.165, 1.54) is 0 Å². The molecule has 0 aromatic carbocycles. The summed E-state index contributed by atoms with van der Waals surface area (Å²) in [6, 6.07) is 0. The smallest absolute Gasteiger partial charge is 0.149 e. The minimum absolute atomic E-state index is 0.325. The Balaban J connectivity index is 3.17. The summed E-state index contributed by atoms with van der Waals surface area (Å²) in [5.74, 6) is 0. The van der Waals surface area contributed by atoms with Gasteiger partial charge in [0.2, 0.25) is 0 Å². The quantitative estimate of drug-likeness (QED) is 0.262. The van der Waals surface area contributed by atoms with Crippen LogP contribution in [0.1, 0.15) is 6.42 Å². The summed E-state index contributed by atoms with van der Waals surface area (Å²) >= 11 is 4.54. The lowest BCUT2D eigenvalue weighted by Crippen LogP contribution is -2.34. The molecule has 0 aromatic rings. The molecule has 0 aliphatic rings. The number of hydrogen-bond acceptors (Lipinski definition) is 1. The molecule has 2 nitrogen and oxygen atoms in total. The van der Waals surface area contributed by atoms with Gasteiger partial charge >= 0.3 is 0 Å². The van der Waals surface area contributed by atoms with Crippen molar-refractivity contribution in [1.82, 2.24) is 0 Å². The van der Waals surface area contributed by atoms with Gasteiger partial charge in [0, 0.05) is 0 Å². The molecule has 0 N–H and O–H groups in total. The Morgan fingerprint density at radius 2 is 2.17 bits per heavy atom. The topological polar surface area (TPSA) is 43.0 Å². The molecule has 0 bridgehead atoms. The standard InChI is InChI=1S/C3H4ClO2/c1-2-3(4,5)6/h1-2H2. The molecule has 0 heterocycles. The van der Waals surface area contributed by atoms with E-state index in [9.17, 15) is 10.2 Å². The van der Waals surface area contributed by atoms with Gasteiger partial charge in [-0.25, -0.2) is 5.11 Å². The Morgan fingerprint density at radius 3 is 2.17 bits per heavy atom. The van der Waals surface area contributed by atoms with Crippen LogP contribution in [0.5, 0.6) is 0 Å². The van der Waals surface area contributed by atoms with Crippen molar-refractivity contribution in [3.8, 4) is 0 Å². The zero-order chi connectivity index (χ0) is 5.21. The van der Waals surface area contributed by atoms with E-state index in [4.69, 9.17) is 0 Å². The summed E-state index contributed by atoms with van der Waals surface area (Å²) < 4.78 is 0. The van der Waals surface area contributed by atoms with Crippen LogP contribution >= 0.6 is 11.6 Å². The zero-order valence-electron chi connectivity index (χ0n) is 3.11. The molecule has 0 saturated heterocycles. The van der Waals surface area contributed by atoms with Crippen molar-refractivity contribution in [2.75, 3.05) is 0 Å². The maximum Gasteiger partial charge on any atom is 0.149 e. The maximum atomic E-state index is 9.62. The first-order valence-corrected chi connectivity index (χ1v) is 1.83. The first-order chi connectivity index (χ1) is 2.56. The second-order valence-corrected chi connectivity index (χ2v) is 1.49. The third kappa shape index (κ3) is 4.08. The molecule has 0 spiro atoms. The Labute approximate surface area is 41.4 Å². The van der Waals surface area contributed by atoms with Gasteiger partial charge in [-0.3, -0.25) is 0 Å². The van der Waals surface area contributed by atoms with Crippen molar-refractivity contribution in [2.24, 2.45) is 0 Å². The molecule has 0 aliphatic carbocycles. The fourth-order valence-electron chi connectivity index (χ4n) is 0. The second kappa shape index (κ2) is 1.69. The van der Waals surface area contributed by atoms with Crippen molar-refractivity contribution in [3.63, 3.8) is 0 Å². The Hall–Kier alpha value is 0.0800. The molecule has 35 valence electrons. The van der Waals surface area contributed by atoms with Gasteiger partial charge in [-0.15, -0.1) is 0 Å². The van der Waals surface area contributed by atoms with Crippen molar-refractivity contribution in [1.29, 1.82) is 0 Å². The van der Waals surface area contributed by atoms with E-state index in [0.717, 1.165) is 0 Å². The summed E-state index contributed by atoms with van der Waals surface area (Å²) in [4.78, 5) is 0. The fraction of sp³-hybridized carbons (Fsp3) is 0.667. The van der Waals surface area contributed by atoms with Gasteiger partial charge in [-0.1, -0.05) is 11.6 Å². The average Bonchev–Trinajstić information content (AvgIpc) is 1.35. The lowest BCUT2D eigenvalue weighted by molar-refractivity contribution is -0.523. The normalized spacial score (nSPS) is 19.8. The number of hydrogen-bond donors (Lipinski definition) is 0. The SMILES string of the molecule is [CH2+]CC([O])([O-])Cl. The van der Waals surface area contributed by atoms with Crippen LogP contribution in [0.15, 0.2) is 0 Å². The molecule has 0 aromatic heterocycles. The third-order valence-corrected chi connectivity index (χ3v) is 0.488. The van der Waals surface area contributed by atoms with Crippen LogP contribution in [0.3, 0.4) is 0 Å². The summed E-state index contributed by atoms with van der Waals surface area (Å²) in [7, 11) is 0. The molecule has 0 amide bonds. The molecule has 3 heteroatoms. The van der Waals surface area contributed by atoms with Crippen LogP contribution in [0.2, 0.25) is 0 Å². The highest BCUT2D eigenvalue weighted by atomic mass is 35.5. The van der Waals surface area contributed by atoms with Gasteiger partial charge in [0.15, 0.2) is 0 Å². The predicted molar refractivity (Wildman–Crippen MR) is 19.2 cm³/mol.